The Balaban J connectivity index is 2.17. The minimum absolute atomic E-state index is 0.486. The molecule has 0 spiro atoms. The molecule has 2 aromatic heterocycles. The topological polar surface area (TPSA) is 56.7 Å². The number of anilines is 1. The molecule has 1 aromatic carbocycles. The van der Waals surface area contributed by atoms with Crippen LogP contribution in [-0.4, -0.2) is 14.8 Å². The third kappa shape index (κ3) is 1.84. The number of rotatable bonds is 2. The number of aromatic nitrogens is 3. The second-order valence-electron chi connectivity index (χ2n) is 3.92. The fraction of sp³-hybridized carbons (Fsp3) is 0. The van der Waals surface area contributed by atoms with Crippen LogP contribution in [0, 0.1) is 0 Å². The molecule has 0 amide bonds. The maximum Gasteiger partial charge on any atom is 0.154 e. The zero-order chi connectivity index (χ0) is 12.4. The first kappa shape index (κ1) is 10.5. The molecule has 0 aliphatic heterocycles. The third-order valence-corrected chi connectivity index (χ3v) is 2.66. The van der Waals surface area contributed by atoms with Crippen molar-refractivity contribution in [1.29, 1.82) is 0 Å². The van der Waals surface area contributed by atoms with Crippen LogP contribution in [-0.2, 0) is 0 Å². The van der Waals surface area contributed by atoms with Crippen LogP contribution in [0.1, 0.15) is 0 Å². The molecule has 0 saturated heterocycles. The lowest BCUT2D eigenvalue weighted by atomic mass is 10.1. The summed E-state index contributed by atoms with van der Waals surface area (Å²) < 4.78 is 1.75. The number of hydrogen-bond donors (Lipinski definition) is 1. The first-order valence-electron chi connectivity index (χ1n) is 5.67. The Bertz CT molecular complexity index is 587. The Morgan fingerprint density at radius 2 is 1.72 bits per heavy atom. The average Bonchev–Trinajstić information content (AvgIpc) is 2.83. The van der Waals surface area contributed by atoms with Crippen molar-refractivity contribution in [3.63, 3.8) is 0 Å². The summed E-state index contributed by atoms with van der Waals surface area (Å²) in [5.41, 5.74) is 7.79. The highest BCUT2D eigenvalue weighted by Gasteiger charge is 2.10. The summed E-state index contributed by atoms with van der Waals surface area (Å²) in [6.45, 7) is 0. The molecule has 4 nitrogen and oxygen atoms in total. The number of nitrogens with zero attached hydrogens (tertiary/aromatic N) is 3. The summed E-state index contributed by atoms with van der Waals surface area (Å²) in [7, 11) is 0. The average molecular weight is 236 g/mol. The summed E-state index contributed by atoms with van der Waals surface area (Å²) in [6, 6.07) is 17.6. The number of nitrogens with two attached hydrogens (primary N) is 1. The van der Waals surface area contributed by atoms with Crippen LogP contribution < -0.4 is 5.73 Å². The van der Waals surface area contributed by atoms with E-state index in [9.17, 15) is 0 Å². The Morgan fingerprint density at radius 1 is 0.944 bits per heavy atom. The second kappa shape index (κ2) is 4.33. The number of hydrogen-bond acceptors (Lipinski definition) is 3. The highest BCUT2D eigenvalue weighted by atomic mass is 15.3. The van der Waals surface area contributed by atoms with Gasteiger partial charge in [-0.3, -0.25) is 0 Å². The van der Waals surface area contributed by atoms with Crippen molar-refractivity contribution >= 4 is 5.82 Å². The first-order valence-corrected chi connectivity index (χ1v) is 5.67. The molecule has 0 unspecified atom stereocenters. The van der Waals surface area contributed by atoms with Gasteiger partial charge in [-0.1, -0.05) is 36.4 Å². The number of nitrogen functional groups attached to an aromatic ring is 1. The van der Waals surface area contributed by atoms with Gasteiger partial charge in [0.05, 0.1) is 5.69 Å². The molecular weight excluding hydrogens is 224 g/mol. The van der Waals surface area contributed by atoms with Crippen molar-refractivity contribution in [2.45, 2.75) is 0 Å². The number of pyridine rings is 1. The predicted octanol–water partition coefficient (Wildman–Crippen LogP) is 2.52. The highest BCUT2D eigenvalue weighted by Crippen LogP contribution is 2.23. The molecule has 0 saturated carbocycles. The molecule has 3 rings (SSSR count). The summed E-state index contributed by atoms with van der Waals surface area (Å²) >= 11 is 0. The standard InChI is InChI=1S/C14H12N4/c15-13-10-12(11-6-2-1-3-7-11)18(17-13)14-8-4-5-9-16-14/h1-10H,(H2,15,17). The highest BCUT2D eigenvalue weighted by molar-refractivity contribution is 5.64. The van der Waals surface area contributed by atoms with E-state index in [1.165, 1.54) is 0 Å². The van der Waals surface area contributed by atoms with Crippen LogP contribution >= 0.6 is 0 Å². The van der Waals surface area contributed by atoms with Gasteiger partial charge in [0.15, 0.2) is 5.82 Å². The molecule has 0 atom stereocenters. The molecule has 0 aliphatic carbocycles. The largest absolute Gasteiger partial charge is 0.382 e. The molecular formula is C14H12N4. The molecule has 88 valence electrons. The monoisotopic (exact) mass is 236 g/mol. The van der Waals surface area contributed by atoms with Crippen LogP contribution in [0.2, 0.25) is 0 Å². The van der Waals surface area contributed by atoms with E-state index in [0.717, 1.165) is 17.1 Å². The third-order valence-electron chi connectivity index (χ3n) is 2.66. The Kier molecular flexibility index (Phi) is 2.53. The first-order chi connectivity index (χ1) is 8.84. The van der Waals surface area contributed by atoms with Gasteiger partial charge in [0.25, 0.3) is 0 Å². The van der Waals surface area contributed by atoms with E-state index in [0.29, 0.717) is 5.82 Å². The lowest BCUT2D eigenvalue weighted by molar-refractivity contribution is 0.859. The fourth-order valence-electron chi connectivity index (χ4n) is 1.87. The zero-order valence-corrected chi connectivity index (χ0v) is 9.69. The molecule has 3 aromatic rings. The van der Waals surface area contributed by atoms with E-state index < -0.39 is 0 Å². The van der Waals surface area contributed by atoms with Gasteiger partial charge in [-0.05, 0) is 12.1 Å². The van der Waals surface area contributed by atoms with Crippen molar-refractivity contribution < 1.29 is 0 Å². The summed E-state index contributed by atoms with van der Waals surface area (Å²) in [4.78, 5) is 4.29. The van der Waals surface area contributed by atoms with Crippen LogP contribution in [0.3, 0.4) is 0 Å². The molecule has 2 heterocycles. The Labute approximate surface area is 105 Å². The normalized spacial score (nSPS) is 10.4. The zero-order valence-electron chi connectivity index (χ0n) is 9.69. The Morgan fingerprint density at radius 3 is 2.44 bits per heavy atom. The van der Waals surface area contributed by atoms with Crippen molar-refractivity contribution in [1.82, 2.24) is 14.8 Å². The van der Waals surface area contributed by atoms with Crippen molar-refractivity contribution in [2.24, 2.45) is 0 Å². The van der Waals surface area contributed by atoms with Crippen LogP contribution in [0.15, 0.2) is 60.8 Å². The van der Waals surface area contributed by atoms with E-state index in [1.54, 1.807) is 10.9 Å². The SMILES string of the molecule is Nc1cc(-c2ccccc2)n(-c2ccccn2)n1. The van der Waals surface area contributed by atoms with Gasteiger partial charge in [-0.2, -0.15) is 0 Å². The van der Waals surface area contributed by atoms with Crippen molar-refractivity contribution in [3.8, 4) is 17.1 Å². The minimum Gasteiger partial charge on any atom is -0.382 e. The van der Waals surface area contributed by atoms with Crippen LogP contribution in [0.5, 0.6) is 0 Å². The molecule has 0 fully saturated rings. The molecule has 18 heavy (non-hydrogen) atoms. The van der Waals surface area contributed by atoms with Gasteiger partial charge in [0, 0.05) is 17.8 Å². The van der Waals surface area contributed by atoms with Crippen LogP contribution in [0.4, 0.5) is 5.82 Å². The van der Waals surface area contributed by atoms with Gasteiger partial charge >= 0.3 is 0 Å². The van der Waals surface area contributed by atoms with Crippen molar-refractivity contribution in [3.05, 3.63) is 60.8 Å². The summed E-state index contributed by atoms with van der Waals surface area (Å²) in [6.07, 6.45) is 1.74. The van der Waals surface area contributed by atoms with E-state index in [1.807, 2.05) is 54.6 Å². The summed E-state index contributed by atoms with van der Waals surface area (Å²) in [5, 5.41) is 4.29. The Hall–Kier alpha value is -2.62. The lowest BCUT2D eigenvalue weighted by Gasteiger charge is -2.05. The van der Waals surface area contributed by atoms with E-state index >= 15 is 0 Å². The van der Waals surface area contributed by atoms with E-state index in [2.05, 4.69) is 10.1 Å². The molecule has 0 bridgehead atoms. The minimum atomic E-state index is 0.486. The van der Waals surface area contributed by atoms with Crippen LogP contribution in [0.25, 0.3) is 17.1 Å². The molecule has 2 N–H and O–H groups in total. The molecule has 0 aliphatic rings. The molecule has 0 radical (unpaired) electrons. The van der Waals surface area contributed by atoms with Crippen molar-refractivity contribution in [2.75, 3.05) is 5.73 Å². The second-order valence-corrected chi connectivity index (χ2v) is 3.92. The lowest BCUT2D eigenvalue weighted by Crippen LogP contribution is -2.01. The van der Waals surface area contributed by atoms with E-state index in [-0.39, 0.29) is 0 Å². The quantitative estimate of drug-likeness (QED) is 0.743. The maximum absolute atomic E-state index is 5.79. The van der Waals surface area contributed by atoms with Gasteiger partial charge < -0.3 is 5.73 Å². The predicted molar refractivity (Wildman–Crippen MR) is 71.2 cm³/mol. The van der Waals surface area contributed by atoms with Gasteiger partial charge in [0.1, 0.15) is 5.82 Å². The van der Waals surface area contributed by atoms with Gasteiger partial charge in [0.2, 0.25) is 0 Å². The van der Waals surface area contributed by atoms with E-state index in [4.69, 9.17) is 5.73 Å². The summed E-state index contributed by atoms with van der Waals surface area (Å²) in [5.74, 6) is 1.24. The molecule has 4 heteroatoms. The maximum atomic E-state index is 5.79. The fourth-order valence-corrected chi connectivity index (χ4v) is 1.87. The van der Waals surface area contributed by atoms with Gasteiger partial charge in [-0.15, -0.1) is 5.10 Å². The smallest absolute Gasteiger partial charge is 0.154 e. The van der Waals surface area contributed by atoms with Gasteiger partial charge in [-0.25, -0.2) is 9.67 Å². The number of benzene rings is 1.